The van der Waals surface area contributed by atoms with Gasteiger partial charge in [-0.15, -0.1) is 0 Å². The SMILES string of the molecule is CC(C(=O)O)C1Cc2cccc(N)c2C1. The van der Waals surface area contributed by atoms with Crippen LogP contribution < -0.4 is 5.73 Å². The lowest BCUT2D eigenvalue weighted by atomic mass is 9.91. The van der Waals surface area contributed by atoms with E-state index in [9.17, 15) is 4.79 Å². The highest BCUT2D eigenvalue weighted by Gasteiger charge is 2.30. The maximum Gasteiger partial charge on any atom is 0.306 e. The van der Waals surface area contributed by atoms with E-state index in [2.05, 4.69) is 0 Å². The molecule has 1 aromatic carbocycles. The molecule has 15 heavy (non-hydrogen) atoms. The molecule has 0 heterocycles. The van der Waals surface area contributed by atoms with Gasteiger partial charge >= 0.3 is 5.97 Å². The van der Waals surface area contributed by atoms with Gasteiger partial charge in [0.15, 0.2) is 0 Å². The average Bonchev–Trinajstić information content (AvgIpc) is 2.61. The van der Waals surface area contributed by atoms with Crippen molar-refractivity contribution in [1.82, 2.24) is 0 Å². The fraction of sp³-hybridized carbons (Fsp3) is 0.417. The molecule has 3 N–H and O–H groups in total. The van der Waals surface area contributed by atoms with E-state index in [1.54, 1.807) is 6.92 Å². The summed E-state index contributed by atoms with van der Waals surface area (Å²) < 4.78 is 0. The van der Waals surface area contributed by atoms with Crippen molar-refractivity contribution in [2.75, 3.05) is 5.73 Å². The number of nitrogen functional groups attached to an aromatic ring is 1. The minimum atomic E-state index is -0.716. The lowest BCUT2D eigenvalue weighted by Crippen LogP contribution is -2.20. The first-order chi connectivity index (χ1) is 7.09. The van der Waals surface area contributed by atoms with Crippen molar-refractivity contribution in [3.05, 3.63) is 29.3 Å². The summed E-state index contributed by atoms with van der Waals surface area (Å²) in [4.78, 5) is 10.9. The number of hydrogen-bond donors (Lipinski definition) is 2. The molecular formula is C12H15NO2. The Morgan fingerprint density at radius 3 is 2.87 bits per heavy atom. The Labute approximate surface area is 88.9 Å². The highest BCUT2D eigenvalue weighted by molar-refractivity contribution is 5.70. The summed E-state index contributed by atoms with van der Waals surface area (Å²) in [5, 5.41) is 8.96. The number of fused-ring (bicyclic) bond motifs is 1. The van der Waals surface area contributed by atoms with Crippen LogP contribution in [0.3, 0.4) is 0 Å². The van der Waals surface area contributed by atoms with Crippen LogP contribution in [0.25, 0.3) is 0 Å². The topological polar surface area (TPSA) is 63.3 Å². The summed E-state index contributed by atoms with van der Waals surface area (Å²) >= 11 is 0. The predicted molar refractivity (Wildman–Crippen MR) is 58.6 cm³/mol. The van der Waals surface area contributed by atoms with E-state index in [4.69, 9.17) is 10.8 Å². The molecule has 0 aliphatic heterocycles. The number of rotatable bonds is 2. The van der Waals surface area contributed by atoms with Gasteiger partial charge in [0.1, 0.15) is 0 Å². The van der Waals surface area contributed by atoms with Crippen molar-refractivity contribution >= 4 is 11.7 Å². The van der Waals surface area contributed by atoms with Gasteiger partial charge in [-0.1, -0.05) is 19.1 Å². The zero-order chi connectivity index (χ0) is 11.0. The van der Waals surface area contributed by atoms with Gasteiger partial charge in [0, 0.05) is 5.69 Å². The monoisotopic (exact) mass is 205 g/mol. The zero-order valence-corrected chi connectivity index (χ0v) is 8.73. The Bertz CT molecular complexity index is 401. The zero-order valence-electron chi connectivity index (χ0n) is 8.73. The summed E-state index contributed by atoms with van der Waals surface area (Å²) in [6.07, 6.45) is 1.64. The molecule has 1 aliphatic rings. The second-order valence-corrected chi connectivity index (χ2v) is 4.28. The number of carboxylic acid groups (broad SMARTS) is 1. The summed E-state index contributed by atoms with van der Waals surface area (Å²) in [6.45, 7) is 1.77. The molecule has 1 aliphatic carbocycles. The van der Waals surface area contributed by atoms with Crippen molar-refractivity contribution in [3.63, 3.8) is 0 Å². The maximum atomic E-state index is 10.9. The average molecular weight is 205 g/mol. The third-order valence-electron chi connectivity index (χ3n) is 3.35. The van der Waals surface area contributed by atoms with Crippen LogP contribution in [-0.2, 0) is 17.6 Å². The summed E-state index contributed by atoms with van der Waals surface area (Å²) in [5.74, 6) is -0.814. The minimum Gasteiger partial charge on any atom is -0.481 e. The van der Waals surface area contributed by atoms with Gasteiger partial charge in [0.25, 0.3) is 0 Å². The Hall–Kier alpha value is -1.51. The number of carbonyl (C=O) groups is 1. The molecule has 0 radical (unpaired) electrons. The molecule has 0 amide bonds. The molecule has 0 bridgehead atoms. The molecule has 0 spiro atoms. The molecule has 80 valence electrons. The summed E-state index contributed by atoms with van der Waals surface area (Å²) in [6, 6.07) is 5.86. The Balaban J connectivity index is 2.23. The van der Waals surface area contributed by atoms with Gasteiger partial charge in [-0.05, 0) is 36.0 Å². The Morgan fingerprint density at radius 1 is 1.53 bits per heavy atom. The van der Waals surface area contributed by atoms with Crippen molar-refractivity contribution in [2.45, 2.75) is 19.8 Å². The predicted octanol–water partition coefficient (Wildman–Crippen LogP) is 1.70. The third-order valence-corrected chi connectivity index (χ3v) is 3.35. The fourth-order valence-corrected chi connectivity index (χ4v) is 2.27. The van der Waals surface area contributed by atoms with Gasteiger partial charge in [-0.2, -0.15) is 0 Å². The van der Waals surface area contributed by atoms with Gasteiger partial charge in [0.05, 0.1) is 5.92 Å². The van der Waals surface area contributed by atoms with Crippen LogP contribution in [-0.4, -0.2) is 11.1 Å². The quantitative estimate of drug-likeness (QED) is 0.722. The number of nitrogens with two attached hydrogens (primary N) is 1. The minimum absolute atomic E-state index is 0.196. The molecule has 3 heteroatoms. The second kappa shape index (κ2) is 3.57. The number of carboxylic acids is 1. The molecule has 1 aromatic rings. The molecule has 3 nitrogen and oxygen atoms in total. The van der Waals surface area contributed by atoms with Crippen molar-refractivity contribution < 1.29 is 9.90 Å². The number of anilines is 1. The van der Waals surface area contributed by atoms with Crippen LogP contribution in [0.2, 0.25) is 0 Å². The van der Waals surface area contributed by atoms with Gasteiger partial charge in [-0.3, -0.25) is 4.79 Å². The molecule has 2 unspecified atom stereocenters. The van der Waals surface area contributed by atoms with Crippen molar-refractivity contribution in [3.8, 4) is 0 Å². The fourth-order valence-electron chi connectivity index (χ4n) is 2.27. The first-order valence-corrected chi connectivity index (χ1v) is 5.18. The standard InChI is InChI=1S/C12H15NO2/c1-7(12(14)15)9-5-8-3-2-4-11(13)10(8)6-9/h2-4,7,9H,5-6,13H2,1H3,(H,14,15). The van der Waals surface area contributed by atoms with Gasteiger partial charge < -0.3 is 10.8 Å². The van der Waals surface area contributed by atoms with Crippen LogP contribution in [0.5, 0.6) is 0 Å². The molecule has 0 saturated carbocycles. The van der Waals surface area contributed by atoms with E-state index >= 15 is 0 Å². The third kappa shape index (κ3) is 1.69. The Morgan fingerprint density at radius 2 is 2.27 bits per heavy atom. The molecule has 0 fully saturated rings. The molecule has 2 atom stereocenters. The highest BCUT2D eigenvalue weighted by Crippen LogP contribution is 2.34. The van der Waals surface area contributed by atoms with E-state index in [0.29, 0.717) is 0 Å². The van der Waals surface area contributed by atoms with Crippen LogP contribution in [0.15, 0.2) is 18.2 Å². The second-order valence-electron chi connectivity index (χ2n) is 4.28. The van der Waals surface area contributed by atoms with Crippen LogP contribution in [0.4, 0.5) is 5.69 Å². The van der Waals surface area contributed by atoms with Crippen LogP contribution in [0.1, 0.15) is 18.1 Å². The lowest BCUT2D eigenvalue weighted by Gasteiger charge is -2.13. The molecule has 0 aromatic heterocycles. The molecular weight excluding hydrogens is 190 g/mol. The first-order valence-electron chi connectivity index (χ1n) is 5.18. The Kier molecular flexibility index (Phi) is 2.39. The van der Waals surface area contributed by atoms with E-state index < -0.39 is 5.97 Å². The molecule has 2 rings (SSSR count). The smallest absolute Gasteiger partial charge is 0.306 e. The number of aliphatic carboxylic acids is 1. The summed E-state index contributed by atoms with van der Waals surface area (Å²) in [7, 11) is 0. The van der Waals surface area contributed by atoms with E-state index in [1.165, 1.54) is 5.56 Å². The van der Waals surface area contributed by atoms with Crippen LogP contribution in [0, 0.1) is 11.8 Å². The largest absolute Gasteiger partial charge is 0.481 e. The van der Waals surface area contributed by atoms with E-state index in [0.717, 1.165) is 24.1 Å². The molecule has 0 saturated heterocycles. The normalized spacial score (nSPS) is 21.0. The van der Waals surface area contributed by atoms with E-state index in [-0.39, 0.29) is 11.8 Å². The lowest BCUT2D eigenvalue weighted by molar-refractivity contribution is -0.142. The number of benzene rings is 1. The van der Waals surface area contributed by atoms with E-state index in [1.807, 2.05) is 18.2 Å². The first kappa shape index (κ1) is 10.0. The number of hydrogen-bond acceptors (Lipinski definition) is 2. The van der Waals surface area contributed by atoms with Crippen LogP contribution >= 0.6 is 0 Å². The van der Waals surface area contributed by atoms with Crippen molar-refractivity contribution in [2.24, 2.45) is 11.8 Å². The van der Waals surface area contributed by atoms with Crippen molar-refractivity contribution in [1.29, 1.82) is 0 Å². The highest BCUT2D eigenvalue weighted by atomic mass is 16.4. The van der Waals surface area contributed by atoms with Gasteiger partial charge in [-0.25, -0.2) is 0 Å². The summed E-state index contributed by atoms with van der Waals surface area (Å²) in [5.41, 5.74) is 9.03. The van der Waals surface area contributed by atoms with Gasteiger partial charge in [0.2, 0.25) is 0 Å². The maximum absolute atomic E-state index is 10.9.